The van der Waals surface area contributed by atoms with Gasteiger partial charge in [-0.1, -0.05) is 37.1 Å². The fourth-order valence-electron chi connectivity index (χ4n) is 2.07. The summed E-state index contributed by atoms with van der Waals surface area (Å²) < 4.78 is 4.72. The maximum absolute atomic E-state index is 11.3. The van der Waals surface area contributed by atoms with Crippen molar-refractivity contribution in [2.75, 3.05) is 13.7 Å². The second-order valence-electron chi connectivity index (χ2n) is 4.93. The quantitative estimate of drug-likeness (QED) is 0.593. The van der Waals surface area contributed by atoms with E-state index in [0.717, 1.165) is 24.6 Å². The number of rotatable bonds is 7. The smallest absolute Gasteiger partial charge is 0.309 e. The molecule has 1 aromatic carbocycles. The van der Waals surface area contributed by atoms with Crippen molar-refractivity contribution in [1.82, 2.24) is 5.32 Å². The van der Waals surface area contributed by atoms with Crippen molar-refractivity contribution in [3.63, 3.8) is 0 Å². The Morgan fingerprint density at radius 1 is 1.33 bits per heavy atom. The van der Waals surface area contributed by atoms with Crippen LogP contribution in [0.15, 0.2) is 24.3 Å². The van der Waals surface area contributed by atoms with Crippen molar-refractivity contribution in [1.29, 1.82) is 0 Å². The largest absolute Gasteiger partial charge is 0.469 e. The molecule has 1 aromatic rings. The van der Waals surface area contributed by atoms with Crippen LogP contribution in [0.4, 0.5) is 0 Å². The minimum Gasteiger partial charge on any atom is -0.469 e. The predicted molar refractivity (Wildman–Crippen MR) is 71.2 cm³/mol. The fourth-order valence-corrected chi connectivity index (χ4v) is 2.07. The first kappa shape index (κ1) is 13.1. The molecule has 0 heterocycles. The molecule has 0 unspecified atom stereocenters. The standard InChI is InChI=1S/C15H21NO2/c1-18-15(17)10-13-4-2-3-5-14(13)11-16-9-8-12-6-7-12/h2-5,12,16H,6-11H2,1H3. The second-order valence-corrected chi connectivity index (χ2v) is 4.93. The molecule has 0 aromatic heterocycles. The van der Waals surface area contributed by atoms with Crippen LogP contribution in [0.25, 0.3) is 0 Å². The lowest BCUT2D eigenvalue weighted by Crippen LogP contribution is -2.17. The summed E-state index contributed by atoms with van der Waals surface area (Å²) in [6.45, 7) is 1.90. The average molecular weight is 247 g/mol. The number of esters is 1. The lowest BCUT2D eigenvalue weighted by molar-refractivity contribution is -0.139. The first-order chi connectivity index (χ1) is 8.79. The number of carbonyl (C=O) groups excluding carboxylic acids is 1. The minimum absolute atomic E-state index is 0.180. The van der Waals surface area contributed by atoms with Crippen LogP contribution in [0.5, 0.6) is 0 Å². The molecule has 0 spiro atoms. The Hall–Kier alpha value is -1.35. The summed E-state index contributed by atoms with van der Waals surface area (Å²) in [5.41, 5.74) is 2.25. The van der Waals surface area contributed by atoms with Gasteiger partial charge < -0.3 is 10.1 Å². The zero-order valence-corrected chi connectivity index (χ0v) is 10.9. The average Bonchev–Trinajstić information content (AvgIpc) is 3.20. The number of hydrogen-bond donors (Lipinski definition) is 1. The van der Waals surface area contributed by atoms with E-state index in [1.165, 1.54) is 31.9 Å². The van der Waals surface area contributed by atoms with Crippen molar-refractivity contribution >= 4 is 5.97 Å². The van der Waals surface area contributed by atoms with E-state index < -0.39 is 0 Å². The molecule has 3 heteroatoms. The summed E-state index contributed by atoms with van der Waals surface area (Å²) in [5, 5.41) is 3.45. The number of carbonyl (C=O) groups is 1. The molecule has 1 fully saturated rings. The minimum atomic E-state index is -0.180. The molecule has 3 nitrogen and oxygen atoms in total. The van der Waals surface area contributed by atoms with Gasteiger partial charge in [0.15, 0.2) is 0 Å². The molecule has 0 atom stereocenters. The van der Waals surface area contributed by atoms with Gasteiger partial charge >= 0.3 is 5.97 Å². The van der Waals surface area contributed by atoms with E-state index in [1.54, 1.807) is 0 Å². The van der Waals surface area contributed by atoms with Gasteiger partial charge in [-0.15, -0.1) is 0 Å². The molecule has 1 aliphatic carbocycles. The van der Waals surface area contributed by atoms with Crippen molar-refractivity contribution < 1.29 is 9.53 Å². The molecule has 1 saturated carbocycles. The van der Waals surface area contributed by atoms with Crippen LogP contribution in [0.3, 0.4) is 0 Å². The van der Waals surface area contributed by atoms with Gasteiger partial charge in [0.05, 0.1) is 13.5 Å². The van der Waals surface area contributed by atoms with Crippen molar-refractivity contribution in [2.24, 2.45) is 5.92 Å². The zero-order valence-electron chi connectivity index (χ0n) is 10.9. The van der Waals surface area contributed by atoms with E-state index in [1.807, 2.05) is 18.2 Å². The SMILES string of the molecule is COC(=O)Cc1ccccc1CNCCC1CC1. The molecule has 1 N–H and O–H groups in total. The number of methoxy groups -OCH3 is 1. The van der Waals surface area contributed by atoms with Gasteiger partial charge in [-0.05, 0) is 30.0 Å². The highest BCUT2D eigenvalue weighted by atomic mass is 16.5. The maximum atomic E-state index is 11.3. The normalized spacial score (nSPS) is 14.5. The van der Waals surface area contributed by atoms with Crippen LogP contribution in [0.1, 0.15) is 30.4 Å². The van der Waals surface area contributed by atoms with Crippen LogP contribution >= 0.6 is 0 Å². The highest BCUT2D eigenvalue weighted by molar-refractivity contribution is 5.72. The molecule has 0 amide bonds. The summed E-state index contributed by atoms with van der Waals surface area (Å²) in [6.07, 6.45) is 4.44. The molecule has 0 aliphatic heterocycles. The Balaban J connectivity index is 1.83. The van der Waals surface area contributed by atoms with Crippen molar-refractivity contribution in [2.45, 2.75) is 32.2 Å². The summed E-state index contributed by atoms with van der Waals surface area (Å²) >= 11 is 0. The van der Waals surface area contributed by atoms with Gasteiger partial charge in [-0.25, -0.2) is 0 Å². The molecular weight excluding hydrogens is 226 g/mol. The zero-order chi connectivity index (χ0) is 12.8. The highest BCUT2D eigenvalue weighted by Crippen LogP contribution is 2.31. The van der Waals surface area contributed by atoms with E-state index in [0.29, 0.717) is 6.42 Å². The monoisotopic (exact) mass is 247 g/mol. The van der Waals surface area contributed by atoms with Gasteiger partial charge in [-0.2, -0.15) is 0 Å². The summed E-state index contributed by atoms with van der Waals surface area (Å²) in [4.78, 5) is 11.3. The molecule has 0 radical (unpaired) electrons. The summed E-state index contributed by atoms with van der Waals surface area (Å²) in [5.74, 6) is 0.781. The Morgan fingerprint density at radius 3 is 2.72 bits per heavy atom. The van der Waals surface area contributed by atoms with E-state index in [-0.39, 0.29) is 5.97 Å². The third kappa shape index (κ3) is 4.15. The van der Waals surface area contributed by atoms with Crippen LogP contribution < -0.4 is 5.32 Å². The molecular formula is C15H21NO2. The van der Waals surface area contributed by atoms with Crippen molar-refractivity contribution in [3.05, 3.63) is 35.4 Å². The fraction of sp³-hybridized carbons (Fsp3) is 0.533. The Morgan fingerprint density at radius 2 is 2.06 bits per heavy atom. The third-order valence-electron chi connectivity index (χ3n) is 3.42. The topological polar surface area (TPSA) is 38.3 Å². The number of ether oxygens (including phenoxy) is 1. The van der Waals surface area contributed by atoms with Gasteiger partial charge in [0.25, 0.3) is 0 Å². The van der Waals surface area contributed by atoms with Crippen LogP contribution in [-0.4, -0.2) is 19.6 Å². The molecule has 2 rings (SSSR count). The second kappa shape index (κ2) is 6.55. The van der Waals surface area contributed by atoms with Crippen LogP contribution in [0, 0.1) is 5.92 Å². The number of benzene rings is 1. The third-order valence-corrected chi connectivity index (χ3v) is 3.42. The molecule has 1 aliphatic rings. The predicted octanol–water partition coefficient (Wildman–Crippen LogP) is 2.29. The van der Waals surface area contributed by atoms with Crippen molar-refractivity contribution in [3.8, 4) is 0 Å². The molecule has 18 heavy (non-hydrogen) atoms. The first-order valence-corrected chi connectivity index (χ1v) is 6.64. The van der Waals surface area contributed by atoms with E-state index in [4.69, 9.17) is 4.74 Å². The van der Waals surface area contributed by atoms with E-state index >= 15 is 0 Å². The van der Waals surface area contributed by atoms with Gasteiger partial charge in [0.1, 0.15) is 0 Å². The Bertz CT molecular complexity index is 399. The summed E-state index contributed by atoms with van der Waals surface area (Å²) in [6, 6.07) is 8.04. The molecule has 0 bridgehead atoms. The molecule has 98 valence electrons. The van der Waals surface area contributed by atoms with Gasteiger partial charge in [-0.3, -0.25) is 4.79 Å². The maximum Gasteiger partial charge on any atom is 0.309 e. The van der Waals surface area contributed by atoms with Crippen LogP contribution in [0.2, 0.25) is 0 Å². The van der Waals surface area contributed by atoms with E-state index in [2.05, 4.69) is 11.4 Å². The van der Waals surface area contributed by atoms with Gasteiger partial charge in [0, 0.05) is 6.54 Å². The van der Waals surface area contributed by atoms with E-state index in [9.17, 15) is 4.79 Å². The number of nitrogens with one attached hydrogen (secondary N) is 1. The number of hydrogen-bond acceptors (Lipinski definition) is 3. The van der Waals surface area contributed by atoms with Gasteiger partial charge in [0.2, 0.25) is 0 Å². The highest BCUT2D eigenvalue weighted by Gasteiger charge is 2.20. The summed E-state index contributed by atoms with van der Waals surface area (Å²) in [7, 11) is 1.43. The Kier molecular flexibility index (Phi) is 4.76. The lowest BCUT2D eigenvalue weighted by Gasteiger charge is -2.09. The first-order valence-electron chi connectivity index (χ1n) is 6.64. The lowest BCUT2D eigenvalue weighted by atomic mass is 10.0. The van der Waals surface area contributed by atoms with Crippen LogP contribution in [-0.2, 0) is 22.5 Å². The molecule has 0 saturated heterocycles. The Labute approximate surface area is 109 Å².